The summed E-state index contributed by atoms with van der Waals surface area (Å²) in [7, 11) is 0. The molecule has 0 nitrogen and oxygen atoms in total. The molecule has 0 aliphatic rings. The fraction of sp³-hybridized carbons (Fsp3) is 0.455. The molecule has 0 heterocycles. The Kier molecular flexibility index (Phi) is 7.35. The number of halogens is 1. The first-order valence-corrected chi connectivity index (χ1v) is 8.72. The molecule has 126 valence electrons. The zero-order chi connectivity index (χ0) is 17.5. The zero-order valence-electron chi connectivity index (χ0n) is 15.5. The third kappa shape index (κ3) is 9.46. The summed E-state index contributed by atoms with van der Waals surface area (Å²) >= 11 is 6.03. The maximum absolute atomic E-state index is 6.03. The second-order valence-corrected chi connectivity index (χ2v) is 8.96. The van der Waals surface area contributed by atoms with E-state index >= 15 is 0 Å². The molecule has 0 aromatic heterocycles. The molecule has 0 amide bonds. The van der Waals surface area contributed by atoms with Gasteiger partial charge in [0.15, 0.2) is 0 Å². The van der Waals surface area contributed by atoms with E-state index in [1.54, 1.807) is 0 Å². The van der Waals surface area contributed by atoms with Gasteiger partial charge < -0.3 is 0 Å². The highest BCUT2D eigenvalue weighted by Gasteiger charge is 2.12. The Balaban J connectivity index is 0.000000231. The van der Waals surface area contributed by atoms with Crippen molar-refractivity contribution in [2.24, 2.45) is 10.8 Å². The summed E-state index contributed by atoms with van der Waals surface area (Å²) in [6, 6.07) is 18.7. The summed E-state index contributed by atoms with van der Waals surface area (Å²) in [5.41, 5.74) is 3.39. The van der Waals surface area contributed by atoms with Crippen molar-refractivity contribution >= 4 is 11.6 Å². The van der Waals surface area contributed by atoms with Crippen molar-refractivity contribution in [2.75, 3.05) is 0 Å². The predicted octanol–water partition coefficient (Wildman–Crippen LogP) is 7.20. The van der Waals surface area contributed by atoms with Gasteiger partial charge in [-0.05, 0) is 40.9 Å². The molecule has 2 aromatic rings. The van der Waals surface area contributed by atoms with Gasteiger partial charge in [-0.1, -0.05) is 102 Å². The summed E-state index contributed by atoms with van der Waals surface area (Å²) in [6.45, 7) is 13.4. The summed E-state index contributed by atoms with van der Waals surface area (Å²) in [5, 5.41) is 0.882. The lowest BCUT2D eigenvalue weighted by atomic mass is 9.88. The van der Waals surface area contributed by atoms with Crippen LogP contribution < -0.4 is 0 Å². The largest absolute Gasteiger partial charge is 0.0840 e. The monoisotopic (exact) mass is 330 g/mol. The van der Waals surface area contributed by atoms with E-state index in [4.69, 9.17) is 11.6 Å². The Hall–Kier alpha value is -1.27. The summed E-state index contributed by atoms with van der Waals surface area (Å²) in [4.78, 5) is 0. The Morgan fingerprint density at radius 2 is 1.13 bits per heavy atom. The lowest BCUT2D eigenvalue weighted by Gasteiger charge is -2.18. The molecule has 0 unspecified atom stereocenters. The van der Waals surface area contributed by atoms with Gasteiger partial charge in [0.2, 0.25) is 0 Å². The minimum Gasteiger partial charge on any atom is -0.0840 e. The van der Waals surface area contributed by atoms with Crippen LogP contribution in [0.1, 0.15) is 52.7 Å². The predicted molar refractivity (Wildman–Crippen MR) is 104 cm³/mol. The van der Waals surface area contributed by atoms with Gasteiger partial charge in [-0.2, -0.15) is 0 Å². The van der Waals surface area contributed by atoms with Crippen LogP contribution >= 0.6 is 11.6 Å². The Morgan fingerprint density at radius 3 is 1.61 bits per heavy atom. The topological polar surface area (TPSA) is 0 Å². The summed E-state index contributed by atoms with van der Waals surface area (Å²) in [6.07, 6.45) is 2.19. The molecule has 0 radical (unpaired) electrons. The molecule has 2 rings (SSSR count). The van der Waals surface area contributed by atoms with Crippen LogP contribution in [0.25, 0.3) is 0 Å². The molecule has 0 saturated carbocycles. The first-order valence-electron chi connectivity index (χ1n) is 8.34. The van der Waals surface area contributed by atoms with Crippen LogP contribution in [0, 0.1) is 10.8 Å². The molecular weight excluding hydrogens is 300 g/mol. The fourth-order valence-electron chi connectivity index (χ4n) is 2.42. The highest BCUT2D eigenvalue weighted by molar-refractivity contribution is 6.31. The maximum Gasteiger partial charge on any atom is 0.0438 e. The molecule has 23 heavy (non-hydrogen) atoms. The molecule has 1 heteroatoms. The van der Waals surface area contributed by atoms with E-state index in [1.807, 2.05) is 18.2 Å². The van der Waals surface area contributed by atoms with Gasteiger partial charge in [0.05, 0.1) is 0 Å². The Bertz CT molecular complexity index is 571. The van der Waals surface area contributed by atoms with Crippen molar-refractivity contribution in [1.82, 2.24) is 0 Å². The van der Waals surface area contributed by atoms with Crippen LogP contribution in [0.3, 0.4) is 0 Å². The molecule has 0 bridgehead atoms. The summed E-state index contributed by atoms with van der Waals surface area (Å²) < 4.78 is 0. The molecule has 0 spiro atoms. The third-order valence-electron chi connectivity index (χ3n) is 3.26. The molecule has 0 aliphatic heterocycles. The van der Waals surface area contributed by atoms with Crippen LogP contribution in [0.5, 0.6) is 0 Å². The second-order valence-electron chi connectivity index (χ2n) is 8.55. The van der Waals surface area contributed by atoms with Gasteiger partial charge in [-0.15, -0.1) is 0 Å². The number of hydrogen-bond donors (Lipinski definition) is 0. The molecule has 0 saturated heterocycles. The van der Waals surface area contributed by atoms with E-state index in [1.165, 1.54) is 11.1 Å². The average Bonchev–Trinajstić information content (AvgIpc) is 2.40. The number of hydrogen-bond acceptors (Lipinski definition) is 0. The van der Waals surface area contributed by atoms with Gasteiger partial charge in [-0.25, -0.2) is 0 Å². The van der Waals surface area contributed by atoms with E-state index in [9.17, 15) is 0 Å². The Morgan fingerprint density at radius 1 is 0.652 bits per heavy atom. The second kappa shape index (κ2) is 8.55. The van der Waals surface area contributed by atoms with Crippen LogP contribution in [-0.4, -0.2) is 0 Å². The number of benzene rings is 2. The SMILES string of the molecule is CC(C)(C)Cc1ccccc1.CC(C)(C)Cc1ccccc1Cl. The lowest BCUT2D eigenvalue weighted by Crippen LogP contribution is -2.09. The fourth-order valence-corrected chi connectivity index (χ4v) is 2.62. The van der Waals surface area contributed by atoms with Gasteiger partial charge >= 0.3 is 0 Å². The smallest absolute Gasteiger partial charge is 0.0438 e. The summed E-state index contributed by atoms with van der Waals surface area (Å²) in [5.74, 6) is 0. The van der Waals surface area contributed by atoms with Gasteiger partial charge in [0.25, 0.3) is 0 Å². The molecular formula is C22H31Cl. The minimum atomic E-state index is 0.311. The highest BCUT2D eigenvalue weighted by atomic mass is 35.5. The molecule has 0 fully saturated rings. The average molecular weight is 331 g/mol. The quantitative estimate of drug-likeness (QED) is 0.546. The van der Waals surface area contributed by atoms with E-state index in [0.717, 1.165) is 17.9 Å². The van der Waals surface area contributed by atoms with E-state index in [2.05, 4.69) is 77.9 Å². The van der Waals surface area contributed by atoms with E-state index in [-0.39, 0.29) is 0 Å². The van der Waals surface area contributed by atoms with Crippen LogP contribution in [0.15, 0.2) is 54.6 Å². The first kappa shape index (κ1) is 19.8. The van der Waals surface area contributed by atoms with Gasteiger partial charge in [0.1, 0.15) is 0 Å². The lowest BCUT2D eigenvalue weighted by molar-refractivity contribution is 0.411. The maximum atomic E-state index is 6.03. The van der Waals surface area contributed by atoms with Crippen molar-refractivity contribution in [2.45, 2.75) is 54.4 Å². The van der Waals surface area contributed by atoms with Crippen LogP contribution in [0.2, 0.25) is 5.02 Å². The zero-order valence-corrected chi connectivity index (χ0v) is 16.2. The third-order valence-corrected chi connectivity index (χ3v) is 3.62. The van der Waals surface area contributed by atoms with Gasteiger partial charge in [0, 0.05) is 5.02 Å². The normalized spacial score (nSPS) is 11.6. The minimum absolute atomic E-state index is 0.311. The standard InChI is InChI=1S/C11H15Cl.C11H16/c1-11(2,3)8-9-6-4-5-7-10(9)12;1-11(2,3)9-10-7-5-4-6-8-10/h4-7H,8H2,1-3H3;4-8H,9H2,1-3H3. The van der Waals surface area contributed by atoms with E-state index in [0.29, 0.717) is 10.8 Å². The van der Waals surface area contributed by atoms with Gasteiger partial charge in [-0.3, -0.25) is 0 Å². The molecule has 2 aromatic carbocycles. The van der Waals surface area contributed by atoms with E-state index < -0.39 is 0 Å². The molecule has 0 N–H and O–H groups in total. The van der Waals surface area contributed by atoms with Crippen LogP contribution in [0.4, 0.5) is 0 Å². The Labute approximate surface area is 147 Å². The van der Waals surface area contributed by atoms with Crippen molar-refractivity contribution in [3.63, 3.8) is 0 Å². The van der Waals surface area contributed by atoms with Crippen molar-refractivity contribution in [3.8, 4) is 0 Å². The van der Waals surface area contributed by atoms with Crippen LogP contribution in [-0.2, 0) is 12.8 Å². The van der Waals surface area contributed by atoms with Crippen molar-refractivity contribution in [3.05, 3.63) is 70.7 Å². The molecule has 0 aliphatic carbocycles. The highest BCUT2D eigenvalue weighted by Crippen LogP contribution is 2.25. The number of rotatable bonds is 2. The van der Waals surface area contributed by atoms with Crippen molar-refractivity contribution < 1.29 is 0 Å². The first-order chi connectivity index (χ1) is 10.6. The molecule has 0 atom stereocenters. The van der Waals surface area contributed by atoms with Crippen molar-refractivity contribution in [1.29, 1.82) is 0 Å².